The fraction of sp³-hybridized carbons (Fsp3) is 0.606. The maximum Gasteiger partial charge on any atom is 0.408 e. The number of methoxy groups -OCH3 is 1. The summed E-state index contributed by atoms with van der Waals surface area (Å²) in [6.07, 6.45) is -8.74. The van der Waals surface area contributed by atoms with Gasteiger partial charge in [-0.1, -0.05) is 0 Å². The number of ether oxygens (including phenoxy) is 3. The molecule has 0 aromatic carbocycles. The molecular weight excluding hydrogens is 690 g/mol. The minimum atomic E-state index is -1.86. The Labute approximate surface area is 300 Å². The maximum absolute atomic E-state index is 13.2. The summed E-state index contributed by atoms with van der Waals surface area (Å²) >= 11 is 0. The Balaban J connectivity index is 2.31. The summed E-state index contributed by atoms with van der Waals surface area (Å²) in [6.45, 7) is 11.1. The van der Waals surface area contributed by atoms with Gasteiger partial charge in [-0.3, -0.25) is 14.4 Å². The molecule has 2 aromatic rings. The first-order valence-corrected chi connectivity index (χ1v) is 16.2. The Morgan fingerprint density at radius 3 is 1.52 bits per heavy atom. The van der Waals surface area contributed by atoms with Crippen LogP contribution in [0.4, 0.5) is 9.59 Å². The van der Waals surface area contributed by atoms with E-state index in [-0.39, 0.29) is 40.7 Å². The predicted octanol–water partition coefficient (Wildman–Crippen LogP) is 0.356. The number of rotatable bonds is 15. The van der Waals surface area contributed by atoms with Gasteiger partial charge in [-0.05, 0) is 67.5 Å². The molecule has 0 bridgehead atoms. The zero-order valence-corrected chi connectivity index (χ0v) is 30.7. The van der Waals surface area contributed by atoms with Crippen molar-refractivity contribution in [1.82, 2.24) is 21.3 Å². The molecule has 19 heteroatoms. The molecule has 0 aliphatic carbocycles. The van der Waals surface area contributed by atoms with E-state index in [1.807, 2.05) is 0 Å². The second kappa shape index (κ2) is 18.2. The molecule has 19 nitrogen and oxygen atoms in total. The number of hydrogen-bond acceptors (Lipinski definition) is 15. The summed E-state index contributed by atoms with van der Waals surface area (Å²) in [6, 6.07) is -0.509. The minimum absolute atomic E-state index is 0.0292. The third-order valence-corrected chi connectivity index (χ3v) is 7.13. The first-order chi connectivity index (χ1) is 24.0. The summed E-state index contributed by atoms with van der Waals surface area (Å²) in [5.74, 6) is -2.45. The lowest BCUT2D eigenvalue weighted by molar-refractivity contribution is -0.139. The number of alkyl carbamates (subject to hydrolysis) is 2. The molecule has 10 N–H and O–H groups in total. The van der Waals surface area contributed by atoms with Gasteiger partial charge >= 0.3 is 18.2 Å². The van der Waals surface area contributed by atoms with E-state index in [1.165, 1.54) is 26.0 Å². The average molecular weight is 742 g/mol. The average Bonchev–Trinajstić information content (AvgIpc) is 3.62. The van der Waals surface area contributed by atoms with Gasteiger partial charge in [-0.2, -0.15) is 0 Å². The number of carbonyl (C=O) groups excluding carboxylic acids is 5. The Morgan fingerprint density at radius 1 is 0.731 bits per heavy atom. The SMILES string of the molecule is COC(=O)CNC(=O)c1cc([C@H](NC(=O)OC(C)(C)C)[C@H](O)[C@H](O)CNC(=O)c2cc([C@H](NC(=O)OC(C)(C)C)[C@H](O)[C@H](O)CN)oc2C)oc1C. The van der Waals surface area contributed by atoms with Crippen molar-refractivity contribution in [3.8, 4) is 0 Å². The number of nitrogens with one attached hydrogen (secondary N) is 4. The molecule has 0 radical (unpaired) electrons. The molecule has 2 rings (SSSR count). The van der Waals surface area contributed by atoms with E-state index in [2.05, 4.69) is 26.0 Å². The Hall–Kier alpha value is -4.69. The number of aliphatic hydroxyl groups is 4. The summed E-state index contributed by atoms with van der Waals surface area (Å²) in [5.41, 5.74) is 3.51. The van der Waals surface area contributed by atoms with Crippen LogP contribution in [0.25, 0.3) is 0 Å². The van der Waals surface area contributed by atoms with Crippen LogP contribution in [0.2, 0.25) is 0 Å². The van der Waals surface area contributed by atoms with Gasteiger partial charge in [0.2, 0.25) is 0 Å². The van der Waals surface area contributed by atoms with Crippen LogP contribution in [-0.2, 0) is 19.0 Å². The van der Waals surface area contributed by atoms with E-state index >= 15 is 0 Å². The number of carbonyl (C=O) groups is 5. The predicted molar refractivity (Wildman–Crippen MR) is 181 cm³/mol. The third kappa shape index (κ3) is 12.8. The van der Waals surface area contributed by atoms with Crippen molar-refractivity contribution >= 4 is 30.0 Å². The van der Waals surface area contributed by atoms with E-state index in [0.717, 1.165) is 7.11 Å². The number of esters is 1. The molecule has 0 unspecified atom stereocenters. The monoisotopic (exact) mass is 741 g/mol. The van der Waals surface area contributed by atoms with Crippen LogP contribution in [0.5, 0.6) is 0 Å². The Kier molecular flexibility index (Phi) is 15.2. The fourth-order valence-electron chi connectivity index (χ4n) is 4.60. The summed E-state index contributed by atoms with van der Waals surface area (Å²) in [7, 11) is 1.15. The third-order valence-electron chi connectivity index (χ3n) is 7.13. The highest BCUT2D eigenvalue weighted by molar-refractivity contribution is 5.97. The van der Waals surface area contributed by atoms with Gasteiger partial charge in [-0.15, -0.1) is 0 Å². The molecule has 0 saturated carbocycles. The minimum Gasteiger partial charge on any atom is -0.468 e. The first-order valence-electron chi connectivity index (χ1n) is 16.2. The fourth-order valence-corrected chi connectivity index (χ4v) is 4.60. The molecule has 0 aliphatic heterocycles. The van der Waals surface area contributed by atoms with Crippen molar-refractivity contribution in [3.63, 3.8) is 0 Å². The zero-order valence-electron chi connectivity index (χ0n) is 30.7. The van der Waals surface area contributed by atoms with Gasteiger partial charge in [0.05, 0.1) is 30.4 Å². The number of furan rings is 2. The molecule has 2 heterocycles. The largest absolute Gasteiger partial charge is 0.468 e. The molecule has 2 aromatic heterocycles. The van der Waals surface area contributed by atoms with Crippen LogP contribution in [0.3, 0.4) is 0 Å². The van der Waals surface area contributed by atoms with Gasteiger partial charge < -0.3 is 70.5 Å². The molecule has 0 saturated heterocycles. The van der Waals surface area contributed by atoms with E-state index in [4.69, 9.17) is 24.0 Å². The molecule has 6 atom stereocenters. The number of hydrogen-bond donors (Lipinski definition) is 9. The zero-order chi connectivity index (χ0) is 39.7. The topological polar surface area (TPSA) is 294 Å². The van der Waals surface area contributed by atoms with E-state index in [1.54, 1.807) is 41.5 Å². The van der Waals surface area contributed by atoms with Crippen molar-refractivity contribution in [3.05, 3.63) is 46.3 Å². The summed E-state index contributed by atoms with van der Waals surface area (Å²) in [4.78, 5) is 62.7. The normalized spacial score (nSPS) is 15.3. The molecule has 52 heavy (non-hydrogen) atoms. The smallest absolute Gasteiger partial charge is 0.408 e. The van der Waals surface area contributed by atoms with Gasteiger partial charge in [0.15, 0.2) is 0 Å². The number of aliphatic hydroxyl groups excluding tert-OH is 4. The Bertz CT molecular complexity index is 1560. The van der Waals surface area contributed by atoms with Crippen LogP contribution in [-0.4, -0.2) is 113 Å². The number of aryl methyl sites for hydroxylation is 2. The van der Waals surface area contributed by atoms with Crippen LogP contribution in [0, 0.1) is 13.8 Å². The van der Waals surface area contributed by atoms with Crippen molar-refractivity contribution in [1.29, 1.82) is 0 Å². The number of nitrogens with two attached hydrogens (primary N) is 1. The number of amides is 4. The van der Waals surface area contributed by atoms with Crippen LogP contribution >= 0.6 is 0 Å². The Morgan fingerprint density at radius 2 is 1.13 bits per heavy atom. The summed E-state index contributed by atoms with van der Waals surface area (Å²) in [5, 5.41) is 52.7. The second-order valence-electron chi connectivity index (χ2n) is 13.8. The summed E-state index contributed by atoms with van der Waals surface area (Å²) < 4.78 is 26.4. The lowest BCUT2D eigenvalue weighted by Gasteiger charge is -2.28. The molecule has 292 valence electrons. The molecule has 0 spiro atoms. The van der Waals surface area contributed by atoms with Gasteiger partial charge in [0, 0.05) is 13.1 Å². The van der Waals surface area contributed by atoms with E-state index in [9.17, 15) is 44.4 Å². The van der Waals surface area contributed by atoms with Gasteiger partial charge in [0.1, 0.15) is 65.1 Å². The standard InChI is InChI=1S/C33H51N5O14/c1-15-17(10-21(49-15)24(26(42)19(39)12-34)37-30(46)51-32(3,4)5)28(44)35-13-20(40)27(43)25(38-31(47)52-33(6,7)8)22-11-18(16(2)50-22)29(45)36-14-23(41)48-9/h10-11,19-20,24-27,39-40,42-43H,12-14,34H2,1-9H3,(H,35,44)(H,36,45)(H,37,46)(H,38,47)/t19-,20-,24+,25+,26-,27-/m1/s1. The molecule has 4 amide bonds. The highest BCUT2D eigenvalue weighted by Crippen LogP contribution is 2.28. The first kappa shape index (κ1) is 43.5. The van der Waals surface area contributed by atoms with Crippen LogP contribution < -0.4 is 27.0 Å². The maximum atomic E-state index is 13.2. The van der Waals surface area contributed by atoms with Crippen molar-refractivity contribution in [2.75, 3.05) is 26.7 Å². The van der Waals surface area contributed by atoms with Crippen molar-refractivity contribution in [2.45, 2.75) is 103 Å². The molecule has 0 fully saturated rings. The van der Waals surface area contributed by atoms with Crippen LogP contribution in [0.15, 0.2) is 21.0 Å². The molecular formula is C33H51N5O14. The van der Waals surface area contributed by atoms with Crippen molar-refractivity contribution in [2.24, 2.45) is 5.73 Å². The highest BCUT2D eigenvalue weighted by Gasteiger charge is 2.36. The highest BCUT2D eigenvalue weighted by atomic mass is 16.6. The van der Waals surface area contributed by atoms with Gasteiger partial charge in [-0.25, -0.2) is 9.59 Å². The van der Waals surface area contributed by atoms with Gasteiger partial charge in [0.25, 0.3) is 11.8 Å². The molecule has 0 aliphatic rings. The lowest BCUT2D eigenvalue weighted by Crippen LogP contribution is -2.47. The second-order valence-corrected chi connectivity index (χ2v) is 13.8. The van der Waals surface area contributed by atoms with E-state index in [0.29, 0.717) is 0 Å². The lowest BCUT2D eigenvalue weighted by atomic mass is 10.0. The van der Waals surface area contributed by atoms with Crippen LogP contribution in [0.1, 0.15) is 97.4 Å². The van der Waals surface area contributed by atoms with E-state index < -0.39 is 90.8 Å². The quantitative estimate of drug-likeness (QED) is 0.0879. The van der Waals surface area contributed by atoms with Crippen molar-refractivity contribution < 1.29 is 67.4 Å².